The van der Waals surface area contributed by atoms with Crippen molar-refractivity contribution in [2.75, 3.05) is 5.32 Å². The lowest BCUT2D eigenvalue weighted by atomic mass is 10.2. The number of nitrogens with one attached hydrogen (secondary N) is 1. The monoisotopic (exact) mass is 469 g/mol. The fraction of sp³-hybridized carbons (Fsp3) is 0. The van der Waals surface area contributed by atoms with Crippen molar-refractivity contribution in [2.24, 2.45) is 0 Å². The van der Waals surface area contributed by atoms with E-state index in [0.29, 0.717) is 21.3 Å². The van der Waals surface area contributed by atoms with E-state index < -0.39 is 0 Å². The molecular formula is C13H7BrCl2INO. The van der Waals surface area contributed by atoms with Crippen LogP contribution in [0.4, 0.5) is 5.69 Å². The van der Waals surface area contributed by atoms with Gasteiger partial charge in [0.25, 0.3) is 5.91 Å². The van der Waals surface area contributed by atoms with Gasteiger partial charge < -0.3 is 5.32 Å². The minimum atomic E-state index is -0.248. The molecule has 0 radical (unpaired) electrons. The first-order valence-corrected chi connectivity index (χ1v) is 7.81. The lowest BCUT2D eigenvalue weighted by Crippen LogP contribution is -2.12. The molecule has 0 heterocycles. The maximum Gasteiger partial charge on any atom is 0.255 e. The third-order valence-electron chi connectivity index (χ3n) is 2.35. The Kier molecular flexibility index (Phi) is 5.11. The molecule has 2 aromatic rings. The zero-order valence-corrected chi connectivity index (χ0v) is 14.6. The molecule has 2 rings (SSSR count). The van der Waals surface area contributed by atoms with Crippen LogP contribution in [0.5, 0.6) is 0 Å². The summed E-state index contributed by atoms with van der Waals surface area (Å²) in [5.41, 5.74) is 0.963. The third kappa shape index (κ3) is 3.84. The first-order chi connectivity index (χ1) is 8.97. The van der Waals surface area contributed by atoms with Crippen molar-refractivity contribution in [1.82, 2.24) is 0 Å². The SMILES string of the molecule is O=C(Nc1c(Cl)cc(Br)cc1Cl)c1ccc(I)cc1. The highest BCUT2D eigenvalue weighted by Crippen LogP contribution is 2.34. The van der Waals surface area contributed by atoms with Gasteiger partial charge in [0.15, 0.2) is 0 Å². The Morgan fingerprint density at radius 2 is 1.63 bits per heavy atom. The van der Waals surface area contributed by atoms with Crippen LogP contribution in [0.1, 0.15) is 10.4 Å². The molecule has 0 saturated heterocycles. The maximum absolute atomic E-state index is 12.1. The molecule has 0 saturated carbocycles. The van der Waals surface area contributed by atoms with Gasteiger partial charge >= 0.3 is 0 Å². The molecule has 2 aromatic carbocycles. The van der Waals surface area contributed by atoms with Gasteiger partial charge in [-0.05, 0) is 59.0 Å². The molecule has 0 unspecified atom stereocenters. The van der Waals surface area contributed by atoms with E-state index in [4.69, 9.17) is 23.2 Å². The fourth-order valence-electron chi connectivity index (χ4n) is 1.45. The molecule has 98 valence electrons. The fourth-order valence-corrected chi connectivity index (χ4v) is 3.11. The van der Waals surface area contributed by atoms with Crippen LogP contribution in [-0.4, -0.2) is 5.91 Å². The predicted octanol–water partition coefficient (Wildman–Crippen LogP) is 5.61. The van der Waals surface area contributed by atoms with Crippen molar-refractivity contribution in [3.63, 3.8) is 0 Å². The van der Waals surface area contributed by atoms with Crippen LogP contribution < -0.4 is 5.32 Å². The molecule has 0 aromatic heterocycles. The van der Waals surface area contributed by atoms with Crippen molar-refractivity contribution < 1.29 is 4.79 Å². The second kappa shape index (κ2) is 6.43. The number of halogens is 4. The first-order valence-electron chi connectivity index (χ1n) is 5.19. The van der Waals surface area contributed by atoms with Gasteiger partial charge in [0.1, 0.15) is 0 Å². The second-order valence-corrected chi connectivity index (χ2v) is 6.68. The van der Waals surface area contributed by atoms with Crippen LogP contribution in [-0.2, 0) is 0 Å². The highest BCUT2D eigenvalue weighted by atomic mass is 127. The predicted molar refractivity (Wildman–Crippen MR) is 91.3 cm³/mol. The van der Waals surface area contributed by atoms with Gasteiger partial charge in [-0.1, -0.05) is 39.1 Å². The van der Waals surface area contributed by atoms with E-state index in [1.54, 1.807) is 24.3 Å². The molecule has 0 bridgehead atoms. The third-order valence-corrected chi connectivity index (χ3v) is 4.13. The van der Waals surface area contributed by atoms with Gasteiger partial charge in [-0.3, -0.25) is 4.79 Å². The molecule has 0 aliphatic carbocycles. The van der Waals surface area contributed by atoms with Crippen molar-refractivity contribution >= 4 is 73.3 Å². The average Bonchev–Trinajstić information content (AvgIpc) is 2.34. The topological polar surface area (TPSA) is 29.1 Å². The molecular weight excluding hydrogens is 464 g/mol. The lowest BCUT2D eigenvalue weighted by Gasteiger charge is -2.10. The summed E-state index contributed by atoms with van der Waals surface area (Å²) in [6.07, 6.45) is 0. The largest absolute Gasteiger partial charge is 0.319 e. The van der Waals surface area contributed by atoms with Gasteiger partial charge in [0.2, 0.25) is 0 Å². The van der Waals surface area contributed by atoms with Crippen LogP contribution in [0.15, 0.2) is 40.9 Å². The molecule has 1 amide bonds. The Hall–Kier alpha value is -0.300. The number of amides is 1. The lowest BCUT2D eigenvalue weighted by molar-refractivity contribution is 0.102. The van der Waals surface area contributed by atoms with Crippen molar-refractivity contribution in [2.45, 2.75) is 0 Å². The number of rotatable bonds is 2. The summed E-state index contributed by atoms with van der Waals surface area (Å²) in [5.74, 6) is -0.248. The Morgan fingerprint density at radius 3 is 2.16 bits per heavy atom. The number of anilines is 1. The summed E-state index contributed by atoms with van der Waals surface area (Å²) >= 11 is 17.6. The summed E-state index contributed by atoms with van der Waals surface area (Å²) in [4.78, 5) is 12.1. The molecule has 0 aliphatic rings. The number of benzene rings is 2. The summed E-state index contributed by atoms with van der Waals surface area (Å²) < 4.78 is 1.82. The molecule has 0 aliphatic heterocycles. The standard InChI is InChI=1S/C13H7BrCl2INO/c14-8-5-10(15)12(11(16)6-8)18-13(19)7-1-3-9(17)4-2-7/h1-6H,(H,18,19). The Morgan fingerprint density at radius 1 is 1.11 bits per heavy atom. The van der Waals surface area contributed by atoms with E-state index in [0.717, 1.165) is 8.04 Å². The Labute approximate surface area is 142 Å². The summed E-state index contributed by atoms with van der Waals surface area (Å²) in [5, 5.41) is 3.49. The number of carbonyl (C=O) groups is 1. The summed E-state index contributed by atoms with van der Waals surface area (Å²) in [6, 6.07) is 10.6. The van der Waals surface area contributed by atoms with Crippen LogP contribution in [0.3, 0.4) is 0 Å². The number of hydrogen-bond acceptors (Lipinski definition) is 1. The Bertz CT molecular complexity index is 608. The molecule has 19 heavy (non-hydrogen) atoms. The van der Waals surface area contributed by atoms with Crippen molar-refractivity contribution in [1.29, 1.82) is 0 Å². The number of hydrogen-bond donors (Lipinski definition) is 1. The van der Waals surface area contributed by atoms with E-state index >= 15 is 0 Å². The molecule has 2 nitrogen and oxygen atoms in total. The highest BCUT2D eigenvalue weighted by molar-refractivity contribution is 14.1. The first kappa shape index (κ1) is 15.1. The zero-order valence-electron chi connectivity index (χ0n) is 9.38. The summed E-state index contributed by atoms with van der Waals surface area (Å²) in [6.45, 7) is 0. The smallest absolute Gasteiger partial charge is 0.255 e. The van der Waals surface area contributed by atoms with E-state index in [9.17, 15) is 4.79 Å². The minimum absolute atomic E-state index is 0.248. The van der Waals surface area contributed by atoms with Crippen LogP contribution in [0, 0.1) is 3.57 Å². The molecule has 0 fully saturated rings. The molecule has 0 atom stereocenters. The summed E-state index contributed by atoms with van der Waals surface area (Å²) in [7, 11) is 0. The zero-order chi connectivity index (χ0) is 14.0. The van der Waals surface area contributed by atoms with E-state index in [-0.39, 0.29) is 5.91 Å². The highest BCUT2D eigenvalue weighted by Gasteiger charge is 2.12. The van der Waals surface area contributed by atoms with Gasteiger partial charge in [-0.15, -0.1) is 0 Å². The van der Waals surface area contributed by atoms with Crippen LogP contribution in [0.25, 0.3) is 0 Å². The van der Waals surface area contributed by atoms with Gasteiger partial charge in [0, 0.05) is 13.6 Å². The van der Waals surface area contributed by atoms with Gasteiger partial charge in [-0.25, -0.2) is 0 Å². The van der Waals surface area contributed by atoms with Crippen LogP contribution >= 0.6 is 61.7 Å². The average molecular weight is 471 g/mol. The van der Waals surface area contributed by atoms with Gasteiger partial charge in [-0.2, -0.15) is 0 Å². The second-order valence-electron chi connectivity index (χ2n) is 3.71. The van der Waals surface area contributed by atoms with Gasteiger partial charge in [0.05, 0.1) is 15.7 Å². The van der Waals surface area contributed by atoms with E-state index in [1.165, 1.54) is 0 Å². The maximum atomic E-state index is 12.1. The quantitative estimate of drug-likeness (QED) is 0.568. The van der Waals surface area contributed by atoms with Crippen molar-refractivity contribution in [3.05, 3.63) is 60.0 Å². The molecule has 6 heteroatoms. The molecule has 1 N–H and O–H groups in total. The number of carbonyl (C=O) groups excluding carboxylic acids is 1. The van der Waals surface area contributed by atoms with Crippen LogP contribution in [0.2, 0.25) is 10.0 Å². The Balaban J connectivity index is 2.26. The molecule has 0 spiro atoms. The normalized spacial score (nSPS) is 10.3. The minimum Gasteiger partial charge on any atom is -0.319 e. The van der Waals surface area contributed by atoms with E-state index in [2.05, 4.69) is 43.8 Å². The van der Waals surface area contributed by atoms with Crippen molar-refractivity contribution in [3.8, 4) is 0 Å². The van der Waals surface area contributed by atoms with E-state index in [1.807, 2.05) is 12.1 Å².